The number of carboxylic acids is 1. The van der Waals surface area contributed by atoms with E-state index < -0.39 is 17.7 Å². The van der Waals surface area contributed by atoms with Crippen molar-refractivity contribution in [2.45, 2.75) is 12.3 Å². The van der Waals surface area contributed by atoms with Crippen LogP contribution < -0.4 is 0 Å². The van der Waals surface area contributed by atoms with Gasteiger partial charge in [0.05, 0.1) is 24.0 Å². The number of benzene rings is 1. The Balaban J connectivity index is 2.29. The number of carbonyl (C=O) groups is 1. The predicted molar refractivity (Wildman–Crippen MR) is 67.5 cm³/mol. The van der Waals surface area contributed by atoms with Crippen LogP contribution in [0.15, 0.2) is 36.7 Å². The number of hydrogen-bond donors (Lipinski definition) is 1. The molecule has 1 unspecified atom stereocenters. The topological polar surface area (TPSA) is 63.1 Å². The smallest absolute Gasteiger partial charge is 0.311 e. The predicted octanol–water partition coefficient (Wildman–Crippen LogP) is 2.68. The van der Waals surface area contributed by atoms with Crippen molar-refractivity contribution in [3.8, 4) is 0 Å². The number of hydrogen-bond acceptors (Lipinski definition) is 3. The molecule has 1 aromatic heterocycles. The Bertz CT molecular complexity index is 589. The Hall–Kier alpha value is -2.01. The number of rotatable bonds is 4. The lowest BCUT2D eigenvalue weighted by Crippen LogP contribution is -2.16. The lowest BCUT2D eigenvalue weighted by molar-refractivity contribution is -0.138. The van der Waals surface area contributed by atoms with Gasteiger partial charge >= 0.3 is 5.97 Å². The first-order valence-electron chi connectivity index (χ1n) is 5.51. The number of carboxylic acid groups (broad SMARTS) is 1. The van der Waals surface area contributed by atoms with Crippen molar-refractivity contribution in [3.63, 3.8) is 0 Å². The second kappa shape index (κ2) is 5.75. The van der Waals surface area contributed by atoms with E-state index in [4.69, 9.17) is 11.6 Å². The Labute approximate surface area is 113 Å². The van der Waals surface area contributed by atoms with Crippen LogP contribution in [0.25, 0.3) is 0 Å². The molecule has 6 heteroatoms. The fraction of sp³-hybridized carbons (Fsp3) is 0.154. The minimum Gasteiger partial charge on any atom is -0.481 e. The summed E-state index contributed by atoms with van der Waals surface area (Å²) in [5.41, 5.74) is 0.576. The highest BCUT2D eigenvalue weighted by Crippen LogP contribution is 2.23. The average molecular weight is 281 g/mol. The van der Waals surface area contributed by atoms with E-state index in [-0.39, 0.29) is 17.1 Å². The number of aliphatic carboxylic acids is 1. The molecule has 0 spiro atoms. The maximum absolute atomic E-state index is 13.6. The fourth-order valence-corrected chi connectivity index (χ4v) is 1.84. The SMILES string of the molecule is O=C(O)C(Cc1cnc(Cl)cn1)c1ccccc1F. The van der Waals surface area contributed by atoms with Crippen molar-refractivity contribution in [2.75, 3.05) is 0 Å². The average Bonchev–Trinajstić information content (AvgIpc) is 2.39. The van der Waals surface area contributed by atoms with Crippen LogP contribution in [0.2, 0.25) is 5.15 Å². The Kier molecular flexibility index (Phi) is 4.06. The van der Waals surface area contributed by atoms with Crippen LogP contribution in [0.4, 0.5) is 4.39 Å². The standard InChI is InChI=1S/C13H10ClFN2O2/c14-12-7-16-8(6-17-12)5-10(13(18)19)9-3-1-2-4-11(9)15/h1-4,6-7,10H,5H2,(H,18,19). The van der Waals surface area contributed by atoms with Crippen LogP contribution in [0, 0.1) is 5.82 Å². The van der Waals surface area contributed by atoms with Crippen molar-refractivity contribution in [1.29, 1.82) is 0 Å². The van der Waals surface area contributed by atoms with Crippen LogP contribution in [-0.2, 0) is 11.2 Å². The molecule has 2 aromatic rings. The van der Waals surface area contributed by atoms with Gasteiger partial charge in [0, 0.05) is 12.0 Å². The molecule has 0 saturated heterocycles. The molecule has 1 aromatic carbocycles. The highest BCUT2D eigenvalue weighted by Gasteiger charge is 2.23. The molecule has 98 valence electrons. The molecule has 1 heterocycles. The van der Waals surface area contributed by atoms with E-state index in [0.29, 0.717) is 5.69 Å². The van der Waals surface area contributed by atoms with Gasteiger partial charge in [-0.2, -0.15) is 0 Å². The second-order valence-corrected chi connectivity index (χ2v) is 4.33. The van der Waals surface area contributed by atoms with E-state index in [1.807, 2.05) is 0 Å². The van der Waals surface area contributed by atoms with Gasteiger partial charge in [0.15, 0.2) is 0 Å². The molecule has 2 rings (SSSR count). The van der Waals surface area contributed by atoms with E-state index in [2.05, 4.69) is 9.97 Å². The Morgan fingerprint density at radius 2 is 2.05 bits per heavy atom. The van der Waals surface area contributed by atoms with Crippen LogP contribution >= 0.6 is 11.6 Å². The Morgan fingerprint density at radius 3 is 2.63 bits per heavy atom. The summed E-state index contributed by atoms with van der Waals surface area (Å²) in [6.07, 6.45) is 2.77. The van der Waals surface area contributed by atoms with E-state index in [1.54, 1.807) is 6.07 Å². The molecule has 1 atom stereocenters. The van der Waals surface area contributed by atoms with E-state index in [0.717, 1.165) is 0 Å². The third kappa shape index (κ3) is 3.26. The summed E-state index contributed by atoms with van der Waals surface area (Å²) in [5.74, 6) is -2.66. The third-order valence-electron chi connectivity index (χ3n) is 2.67. The summed E-state index contributed by atoms with van der Waals surface area (Å²) in [6, 6.07) is 5.80. The maximum Gasteiger partial charge on any atom is 0.311 e. The first-order chi connectivity index (χ1) is 9.08. The molecule has 0 aliphatic rings. The second-order valence-electron chi connectivity index (χ2n) is 3.95. The first-order valence-corrected chi connectivity index (χ1v) is 5.89. The quantitative estimate of drug-likeness (QED) is 0.935. The van der Waals surface area contributed by atoms with E-state index in [9.17, 15) is 14.3 Å². The van der Waals surface area contributed by atoms with Crippen LogP contribution in [0.3, 0.4) is 0 Å². The molecule has 0 saturated carbocycles. The van der Waals surface area contributed by atoms with Gasteiger partial charge in [-0.3, -0.25) is 9.78 Å². The zero-order valence-corrected chi connectivity index (χ0v) is 10.5. The van der Waals surface area contributed by atoms with Gasteiger partial charge in [0.1, 0.15) is 11.0 Å². The summed E-state index contributed by atoms with van der Waals surface area (Å²) < 4.78 is 13.6. The highest BCUT2D eigenvalue weighted by molar-refractivity contribution is 6.29. The van der Waals surface area contributed by atoms with Crippen molar-refractivity contribution in [3.05, 3.63) is 58.9 Å². The summed E-state index contributed by atoms with van der Waals surface area (Å²) in [7, 11) is 0. The van der Waals surface area contributed by atoms with Crippen molar-refractivity contribution in [2.24, 2.45) is 0 Å². The molecule has 1 N–H and O–H groups in total. The summed E-state index contributed by atoms with van der Waals surface area (Å²) in [6.45, 7) is 0. The summed E-state index contributed by atoms with van der Waals surface area (Å²) >= 11 is 5.60. The van der Waals surface area contributed by atoms with E-state index >= 15 is 0 Å². The monoisotopic (exact) mass is 280 g/mol. The molecule has 0 aliphatic heterocycles. The molecule has 19 heavy (non-hydrogen) atoms. The largest absolute Gasteiger partial charge is 0.481 e. The molecule has 0 bridgehead atoms. The summed E-state index contributed by atoms with van der Waals surface area (Å²) in [4.78, 5) is 19.1. The molecule has 4 nitrogen and oxygen atoms in total. The van der Waals surface area contributed by atoms with Crippen molar-refractivity contribution < 1.29 is 14.3 Å². The molecule has 0 radical (unpaired) electrons. The van der Waals surface area contributed by atoms with Crippen molar-refractivity contribution in [1.82, 2.24) is 9.97 Å². The van der Waals surface area contributed by atoms with Gasteiger partial charge in [0.25, 0.3) is 0 Å². The van der Waals surface area contributed by atoms with Gasteiger partial charge < -0.3 is 5.11 Å². The maximum atomic E-state index is 13.6. The molecule has 0 aliphatic carbocycles. The number of halogens is 2. The van der Waals surface area contributed by atoms with Crippen molar-refractivity contribution >= 4 is 17.6 Å². The molecule has 0 amide bonds. The van der Waals surface area contributed by atoms with Gasteiger partial charge in [-0.25, -0.2) is 9.37 Å². The lowest BCUT2D eigenvalue weighted by atomic mass is 9.94. The van der Waals surface area contributed by atoms with Gasteiger partial charge in [-0.05, 0) is 6.07 Å². The van der Waals surface area contributed by atoms with E-state index in [1.165, 1.54) is 30.6 Å². The van der Waals surface area contributed by atoms with Crippen LogP contribution in [-0.4, -0.2) is 21.0 Å². The van der Waals surface area contributed by atoms with Gasteiger partial charge in [-0.15, -0.1) is 0 Å². The van der Waals surface area contributed by atoms with Crippen LogP contribution in [0.1, 0.15) is 17.2 Å². The van der Waals surface area contributed by atoms with Gasteiger partial charge in [-0.1, -0.05) is 29.8 Å². The minimum absolute atomic E-state index is 0.0560. The third-order valence-corrected chi connectivity index (χ3v) is 2.86. The Morgan fingerprint density at radius 1 is 1.32 bits per heavy atom. The minimum atomic E-state index is -1.11. The highest BCUT2D eigenvalue weighted by atomic mass is 35.5. The lowest BCUT2D eigenvalue weighted by Gasteiger charge is -2.12. The number of nitrogens with zero attached hydrogens (tertiary/aromatic N) is 2. The zero-order chi connectivity index (χ0) is 13.8. The number of aromatic nitrogens is 2. The van der Waals surface area contributed by atoms with Gasteiger partial charge in [0.2, 0.25) is 0 Å². The summed E-state index contributed by atoms with van der Waals surface area (Å²) in [5, 5.41) is 9.45. The normalized spacial score (nSPS) is 12.1. The first kappa shape index (κ1) is 13.4. The molecular formula is C13H10ClFN2O2. The van der Waals surface area contributed by atoms with Crippen LogP contribution in [0.5, 0.6) is 0 Å². The molecular weight excluding hydrogens is 271 g/mol. The zero-order valence-electron chi connectivity index (χ0n) is 9.75. The fourth-order valence-electron chi connectivity index (χ4n) is 1.74. The molecule has 0 fully saturated rings.